The van der Waals surface area contributed by atoms with E-state index in [1.165, 1.54) is 30.2 Å². The molecule has 2 rings (SSSR count). The Kier molecular flexibility index (Phi) is 4.28. The summed E-state index contributed by atoms with van der Waals surface area (Å²) in [4.78, 5) is 25.5. The third-order valence-corrected chi connectivity index (χ3v) is 3.97. The van der Waals surface area contributed by atoms with Crippen molar-refractivity contribution in [3.8, 4) is 0 Å². The molecule has 0 bridgehead atoms. The first-order valence-corrected chi connectivity index (χ1v) is 6.64. The lowest BCUT2D eigenvalue weighted by molar-refractivity contribution is -0.146. The molecule has 1 amide bonds. The van der Waals surface area contributed by atoms with Crippen molar-refractivity contribution in [2.75, 3.05) is 20.2 Å². The van der Waals surface area contributed by atoms with Crippen molar-refractivity contribution < 1.29 is 18.7 Å². The maximum atomic E-state index is 13.4. The van der Waals surface area contributed by atoms with Gasteiger partial charge < -0.3 is 9.64 Å². The molecule has 6 heteroatoms. The van der Waals surface area contributed by atoms with Crippen molar-refractivity contribution in [3.05, 3.63) is 34.6 Å². The molecule has 0 radical (unpaired) electrons. The number of rotatable bonds is 2. The van der Waals surface area contributed by atoms with Gasteiger partial charge >= 0.3 is 5.97 Å². The quantitative estimate of drug-likeness (QED) is 0.788. The average molecular weight is 300 g/mol. The summed E-state index contributed by atoms with van der Waals surface area (Å²) >= 11 is 5.81. The monoisotopic (exact) mass is 299 g/mol. The van der Waals surface area contributed by atoms with Crippen molar-refractivity contribution in [1.82, 2.24) is 4.90 Å². The van der Waals surface area contributed by atoms with Crippen molar-refractivity contribution in [2.45, 2.75) is 6.92 Å². The molecule has 2 unspecified atom stereocenters. The van der Waals surface area contributed by atoms with Gasteiger partial charge in [-0.2, -0.15) is 0 Å². The maximum absolute atomic E-state index is 13.4. The lowest BCUT2D eigenvalue weighted by Gasteiger charge is -2.17. The van der Waals surface area contributed by atoms with Crippen molar-refractivity contribution in [2.24, 2.45) is 11.8 Å². The summed E-state index contributed by atoms with van der Waals surface area (Å²) in [5, 5.41) is -0.188. The minimum absolute atomic E-state index is 0.00117. The number of hydrogen-bond acceptors (Lipinski definition) is 3. The Morgan fingerprint density at radius 3 is 2.75 bits per heavy atom. The second-order valence-electron chi connectivity index (χ2n) is 4.92. The average Bonchev–Trinajstić information content (AvgIpc) is 2.82. The van der Waals surface area contributed by atoms with Crippen molar-refractivity contribution in [3.63, 3.8) is 0 Å². The van der Waals surface area contributed by atoms with Crippen molar-refractivity contribution in [1.29, 1.82) is 0 Å². The topological polar surface area (TPSA) is 46.6 Å². The number of amides is 1. The van der Waals surface area contributed by atoms with Gasteiger partial charge in [-0.1, -0.05) is 24.6 Å². The molecule has 2 atom stereocenters. The summed E-state index contributed by atoms with van der Waals surface area (Å²) in [5.41, 5.74) is 0.115. The Bertz CT molecular complexity index is 549. The molecule has 0 saturated carbocycles. The zero-order chi connectivity index (χ0) is 14.9. The summed E-state index contributed by atoms with van der Waals surface area (Å²) in [5.74, 6) is -1.69. The van der Waals surface area contributed by atoms with Crippen LogP contribution in [-0.2, 0) is 9.53 Å². The minimum atomic E-state index is -0.630. The van der Waals surface area contributed by atoms with E-state index in [1.807, 2.05) is 6.92 Å². The molecular formula is C14H15ClFNO3. The highest BCUT2D eigenvalue weighted by Gasteiger charge is 2.38. The van der Waals surface area contributed by atoms with Crippen LogP contribution in [0.25, 0.3) is 0 Å². The summed E-state index contributed by atoms with van der Waals surface area (Å²) in [6.45, 7) is 2.56. The molecule has 1 aromatic rings. The molecule has 4 nitrogen and oxygen atoms in total. The van der Waals surface area contributed by atoms with E-state index in [1.54, 1.807) is 0 Å². The number of halogens is 2. The molecular weight excluding hydrogens is 285 g/mol. The van der Waals surface area contributed by atoms with Crippen LogP contribution in [0.15, 0.2) is 18.2 Å². The standard InChI is InChI=1S/C14H15ClFNO3/c1-8-6-17(7-10(8)14(19)20-2)13(18)9-4-3-5-11(16)12(9)15/h3-5,8,10H,6-7H2,1-2H3. The molecule has 1 saturated heterocycles. The Labute approximate surface area is 121 Å². The van der Waals surface area contributed by atoms with Crippen LogP contribution < -0.4 is 0 Å². The summed E-state index contributed by atoms with van der Waals surface area (Å²) in [6.07, 6.45) is 0. The normalized spacial score (nSPS) is 21.9. The largest absolute Gasteiger partial charge is 0.469 e. The number of nitrogens with zero attached hydrogens (tertiary/aromatic N) is 1. The zero-order valence-electron chi connectivity index (χ0n) is 11.2. The lowest BCUT2D eigenvalue weighted by atomic mass is 9.99. The van der Waals surface area contributed by atoms with Gasteiger partial charge in [-0.25, -0.2) is 4.39 Å². The van der Waals surface area contributed by atoms with Crippen LogP contribution in [0.1, 0.15) is 17.3 Å². The van der Waals surface area contributed by atoms with E-state index in [4.69, 9.17) is 16.3 Å². The molecule has 108 valence electrons. The van der Waals surface area contributed by atoms with Crippen LogP contribution in [0.5, 0.6) is 0 Å². The molecule has 1 fully saturated rings. The van der Waals surface area contributed by atoms with Crippen LogP contribution in [0, 0.1) is 17.7 Å². The molecule has 0 aliphatic carbocycles. The predicted octanol–water partition coefficient (Wildman–Crippen LogP) is 2.36. The molecule has 1 aliphatic heterocycles. The molecule has 0 aromatic heterocycles. The van der Waals surface area contributed by atoms with Gasteiger partial charge in [0.1, 0.15) is 5.82 Å². The second kappa shape index (κ2) is 5.79. The van der Waals surface area contributed by atoms with E-state index in [2.05, 4.69) is 0 Å². The Hall–Kier alpha value is -1.62. The van der Waals surface area contributed by atoms with Crippen LogP contribution in [0.2, 0.25) is 5.02 Å². The molecule has 1 aromatic carbocycles. The third kappa shape index (κ3) is 2.63. The van der Waals surface area contributed by atoms with Gasteiger partial charge in [0.05, 0.1) is 23.6 Å². The summed E-state index contributed by atoms with van der Waals surface area (Å²) in [7, 11) is 1.32. The highest BCUT2D eigenvalue weighted by molar-refractivity contribution is 6.34. The fourth-order valence-corrected chi connectivity index (χ4v) is 2.64. The number of likely N-dealkylation sites (tertiary alicyclic amines) is 1. The fraction of sp³-hybridized carbons (Fsp3) is 0.429. The van der Waals surface area contributed by atoms with Gasteiger partial charge in [-0.15, -0.1) is 0 Å². The first-order valence-electron chi connectivity index (χ1n) is 6.26. The maximum Gasteiger partial charge on any atom is 0.310 e. The Balaban J connectivity index is 2.19. The first kappa shape index (κ1) is 14.8. The van der Waals surface area contributed by atoms with E-state index in [0.29, 0.717) is 6.54 Å². The third-order valence-electron chi connectivity index (χ3n) is 3.59. The van der Waals surface area contributed by atoms with Crippen LogP contribution in [-0.4, -0.2) is 37.0 Å². The number of esters is 1. The van der Waals surface area contributed by atoms with Gasteiger partial charge in [0.2, 0.25) is 0 Å². The SMILES string of the molecule is COC(=O)C1CN(C(=O)c2cccc(F)c2Cl)CC1C. The number of methoxy groups -OCH3 is 1. The Morgan fingerprint density at radius 2 is 2.10 bits per heavy atom. The molecule has 0 spiro atoms. The molecule has 1 aliphatic rings. The van der Waals surface area contributed by atoms with E-state index in [0.717, 1.165) is 0 Å². The van der Waals surface area contributed by atoms with Gasteiger partial charge in [0.25, 0.3) is 5.91 Å². The van der Waals surface area contributed by atoms with Crippen molar-refractivity contribution >= 4 is 23.5 Å². The summed E-state index contributed by atoms with van der Waals surface area (Å²) in [6, 6.07) is 4.11. The van der Waals surface area contributed by atoms with Gasteiger partial charge in [0, 0.05) is 13.1 Å². The fourth-order valence-electron chi connectivity index (χ4n) is 2.43. The van der Waals surface area contributed by atoms with Gasteiger partial charge in [-0.3, -0.25) is 9.59 Å². The number of ether oxygens (including phenoxy) is 1. The van der Waals surface area contributed by atoms with Gasteiger partial charge in [-0.05, 0) is 18.1 Å². The Morgan fingerprint density at radius 1 is 1.40 bits per heavy atom. The number of benzene rings is 1. The predicted molar refractivity (Wildman–Crippen MR) is 72.0 cm³/mol. The first-order chi connectivity index (χ1) is 9.45. The highest BCUT2D eigenvalue weighted by Crippen LogP contribution is 2.28. The minimum Gasteiger partial charge on any atom is -0.469 e. The number of carbonyl (C=O) groups is 2. The smallest absolute Gasteiger partial charge is 0.310 e. The highest BCUT2D eigenvalue weighted by atomic mass is 35.5. The number of hydrogen-bond donors (Lipinski definition) is 0. The van der Waals surface area contributed by atoms with E-state index < -0.39 is 5.82 Å². The molecule has 1 heterocycles. The van der Waals surface area contributed by atoms with E-state index >= 15 is 0 Å². The lowest BCUT2D eigenvalue weighted by Crippen LogP contribution is -2.30. The summed E-state index contributed by atoms with van der Waals surface area (Å²) < 4.78 is 18.1. The van der Waals surface area contributed by atoms with Crippen LogP contribution in [0.4, 0.5) is 4.39 Å². The molecule has 0 N–H and O–H groups in total. The van der Waals surface area contributed by atoms with Crippen LogP contribution >= 0.6 is 11.6 Å². The van der Waals surface area contributed by atoms with E-state index in [9.17, 15) is 14.0 Å². The van der Waals surface area contributed by atoms with Crippen LogP contribution in [0.3, 0.4) is 0 Å². The second-order valence-corrected chi connectivity index (χ2v) is 5.30. The zero-order valence-corrected chi connectivity index (χ0v) is 12.0. The molecule has 20 heavy (non-hydrogen) atoms. The number of carbonyl (C=O) groups excluding carboxylic acids is 2. The van der Waals surface area contributed by atoms with Gasteiger partial charge in [0.15, 0.2) is 0 Å². The van der Waals surface area contributed by atoms with E-state index in [-0.39, 0.29) is 40.8 Å².